The zero-order valence-corrected chi connectivity index (χ0v) is 31.0. The maximum Gasteiger partial charge on any atom is 0.247 e. The van der Waals surface area contributed by atoms with E-state index in [9.17, 15) is 19.5 Å². The summed E-state index contributed by atoms with van der Waals surface area (Å²) < 4.78 is 13.2. The fraction of sp³-hybridized carbons (Fsp3) is 0.372. The molecule has 0 bridgehead atoms. The van der Waals surface area contributed by atoms with E-state index in [4.69, 9.17) is 15.2 Å². The van der Waals surface area contributed by atoms with Crippen LogP contribution in [0, 0.1) is 0 Å². The van der Waals surface area contributed by atoms with Gasteiger partial charge in [-0.25, -0.2) is 0 Å². The summed E-state index contributed by atoms with van der Waals surface area (Å²) in [7, 11) is 0. The third kappa shape index (κ3) is 9.17. The number of aliphatic hydroxyl groups is 1. The Morgan fingerprint density at radius 2 is 1.51 bits per heavy atom. The number of piperidine rings is 1. The second kappa shape index (κ2) is 17.5. The smallest absolute Gasteiger partial charge is 0.247 e. The number of carbonyl (C=O) groups is 3. The summed E-state index contributed by atoms with van der Waals surface area (Å²) in [5.74, 6) is -0.210. The first kappa shape index (κ1) is 38.0. The van der Waals surface area contributed by atoms with Gasteiger partial charge >= 0.3 is 0 Å². The third-order valence-electron chi connectivity index (χ3n) is 10.9. The molecule has 1 spiro atoms. The van der Waals surface area contributed by atoms with Crippen LogP contribution in [-0.2, 0) is 37.0 Å². The predicted octanol–water partition coefficient (Wildman–Crippen LogP) is 5.16. The third-order valence-corrected chi connectivity index (χ3v) is 10.9. The van der Waals surface area contributed by atoms with E-state index in [0.717, 1.165) is 53.9 Å². The molecule has 0 aliphatic carbocycles. The molecule has 4 aromatic carbocycles. The van der Waals surface area contributed by atoms with Gasteiger partial charge in [0, 0.05) is 56.7 Å². The van der Waals surface area contributed by atoms with Crippen LogP contribution in [0.15, 0.2) is 103 Å². The van der Waals surface area contributed by atoms with E-state index in [0.29, 0.717) is 44.0 Å². The quantitative estimate of drug-likeness (QED) is 0.117. The van der Waals surface area contributed by atoms with Crippen LogP contribution in [0.5, 0.6) is 0 Å². The Labute approximate surface area is 322 Å². The van der Waals surface area contributed by atoms with Crippen LogP contribution in [0.2, 0.25) is 0 Å². The molecular weight excluding hydrogens is 697 g/mol. The van der Waals surface area contributed by atoms with Crippen LogP contribution in [0.4, 0.5) is 17.1 Å². The van der Waals surface area contributed by atoms with E-state index >= 15 is 0 Å². The fourth-order valence-corrected chi connectivity index (χ4v) is 7.77. The molecule has 12 nitrogen and oxygen atoms in total. The highest BCUT2D eigenvalue weighted by Crippen LogP contribution is 2.40. The normalized spacial score (nSPS) is 20.9. The van der Waals surface area contributed by atoms with Crippen molar-refractivity contribution < 1.29 is 29.0 Å². The van der Waals surface area contributed by atoms with Crippen molar-refractivity contribution in [2.24, 2.45) is 0 Å². The molecule has 7 rings (SSSR count). The van der Waals surface area contributed by atoms with Crippen molar-refractivity contribution in [3.63, 3.8) is 0 Å². The number of likely N-dealkylation sites (tertiary alicyclic amines) is 1. The molecule has 3 unspecified atom stereocenters. The number of hydrogen-bond donors (Lipinski definition) is 5. The summed E-state index contributed by atoms with van der Waals surface area (Å²) in [6.45, 7) is 3.10. The van der Waals surface area contributed by atoms with Crippen LogP contribution >= 0.6 is 0 Å². The molecule has 0 saturated carbocycles. The summed E-state index contributed by atoms with van der Waals surface area (Å²) in [6, 6.07) is 33.0. The minimum atomic E-state index is -0.604. The van der Waals surface area contributed by atoms with Gasteiger partial charge in [0.05, 0.1) is 36.9 Å². The number of carbonyl (C=O) groups excluding carboxylic acids is 3. The predicted molar refractivity (Wildman–Crippen MR) is 210 cm³/mol. The number of ether oxygens (including phenoxy) is 2. The van der Waals surface area contributed by atoms with E-state index in [-0.39, 0.29) is 49.4 Å². The van der Waals surface area contributed by atoms with E-state index < -0.39 is 11.8 Å². The molecule has 6 N–H and O–H groups in total. The lowest BCUT2D eigenvalue weighted by molar-refractivity contribution is -0.253. The monoisotopic (exact) mass is 746 g/mol. The van der Waals surface area contributed by atoms with Gasteiger partial charge in [-0.15, -0.1) is 0 Å². The first-order chi connectivity index (χ1) is 26.8. The number of anilines is 3. The van der Waals surface area contributed by atoms with Gasteiger partial charge in [-0.05, 0) is 60.2 Å². The molecule has 3 fully saturated rings. The van der Waals surface area contributed by atoms with Crippen LogP contribution in [-0.4, -0.2) is 65.7 Å². The van der Waals surface area contributed by atoms with Gasteiger partial charge in [0.1, 0.15) is 5.54 Å². The molecular formula is C43H50N6O6. The number of nitrogens with one attached hydrogen (secondary N) is 3. The average molecular weight is 747 g/mol. The number of rotatable bonds is 13. The Bertz CT molecular complexity index is 1920. The number of amides is 3. The molecule has 4 aromatic rings. The Morgan fingerprint density at radius 1 is 0.836 bits per heavy atom. The second-order valence-electron chi connectivity index (χ2n) is 14.6. The molecule has 3 aliphatic heterocycles. The number of nitrogen functional groups attached to an aromatic ring is 1. The van der Waals surface area contributed by atoms with Gasteiger partial charge in [0.15, 0.2) is 6.29 Å². The summed E-state index contributed by atoms with van der Waals surface area (Å²) in [5.41, 5.74) is 11.1. The Morgan fingerprint density at radius 3 is 2.24 bits per heavy atom. The highest BCUT2D eigenvalue weighted by molar-refractivity contribution is 5.94. The van der Waals surface area contributed by atoms with Crippen LogP contribution in [0.3, 0.4) is 0 Å². The molecule has 288 valence electrons. The van der Waals surface area contributed by atoms with Crippen molar-refractivity contribution >= 4 is 34.8 Å². The molecule has 12 heteroatoms. The van der Waals surface area contributed by atoms with Crippen LogP contribution < -0.4 is 26.6 Å². The molecule has 3 saturated heterocycles. The van der Waals surface area contributed by atoms with Gasteiger partial charge < -0.3 is 46.1 Å². The molecule has 3 aliphatic rings. The molecule has 3 amide bonds. The highest BCUT2D eigenvalue weighted by Gasteiger charge is 2.50. The van der Waals surface area contributed by atoms with Crippen molar-refractivity contribution in [3.05, 3.63) is 125 Å². The minimum absolute atomic E-state index is 0.0228. The van der Waals surface area contributed by atoms with Crippen molar-refractivity contribution in [2.75, 3.05) is 42.3 Å². The fourth-order valence-electron chi connectivity index (χ4n) is 7.77. The van der Waals surface area contributed by atoms with Crippen LogP contribution in [0.25, 0.3) is 0 Å². The number of nitrogens with zero attached hydrogens (tertiary/aromatic N) is 2. The maximum absolute atomic E-state index is 13.2. The van der Waals surface area contributed by atoms with E-state index in [1.54, 1.807) is 24.3 Å². The Balaban J connectivity index is 0.942. The lowest BCUT2D eigenvalue weighted by atomic mass is 9.85. The highest BCUT2D eigenvalue weighted by atomic mass is 16.7. The molecule has 3 atom stereocenters. The van der Waals surface area contributed by atoms with Gasteiger partial charge in [-0.3, -0.25) is 14.4 Å². The molecule has 0 radical (unpaired) electrons. The van der Waals surface area contributed by atoms with E-state index in [1.807, 2.05) is 66.7 Å². The van der Waals surface area contributed by atoms with Crippen molar-refractivity contribution in [1.29, 1.82) is 0 Å². The molecule has 3 heterocycles. The van der Waals surface area contributed by atoms with Gasteiger partial charge in [-0.1, -0.05) is 78.9 Å². The van der Waals surface area contributed by atoms with E-state index in [1.165, 1.54) is 0 Å². The van der Waals surface area contributed by atoms with Gasteiger partial charge in [0.2, 0.25) is 17.7 Å². The maximum atomic E-state index is 13.2. The number of hydrogen-bond acceptors (Lipinski definition) is 9. The molecule has 55 heavy (non-hydrogen) atoms. The lowest BCUT2D eigenvalue weighted by Crippen LogP contribution is -2.57. The zero-order valence-electron chi connectivity index (χ0n) is 31.0. The summed E-state index contributed by atoms with van der Waals surface area (Å²) in [4.78, 5) is 42.7. The minimum Gasteiger partial charge on any atom is -0.397 e. The summed E-state index contributed by atoms with van der Waals surface area (Å²) in [6.07, 6.45) is 2.05. The van der Waals surface area contributed by atoms with Crippen molar-refractivity contribution in [1.82, 2.24) is 15.5 Å². The number of nitrogens with two attached hydrogens (primary N) is 1. The van der Waals surface area contributed by atoms with Gasteiger partial charge in [-0.2, -0.15) is 0 Å². The zero-order chi connectivity index (χ0) is 38.2. The number of para-hydroxylation sites is 3. The molecule has 0 aromatic heterocycles. The van der Waals surface area contributed by atoms with Gasteiger partial charge in [0.25, 0.3) is 0 Å². The first-order valence-electron chi connectivity index (χ1n) is 19.1. The second-order valence-corrected chi connectivity index (χ2v) is 14.6. The standard InChI is InChI=1S/C43H50N6O6/c44-36-9-4-5-10-37(36)47-40(52)12-6-11-39(51)45-26-30-13-19-33(20-14-30)41-54-35(25-38(55-41)32-17-15-31(28-50)16-18-32)27-48-23-21-43(22-24-48)42(53)46-29-49(43)34-7-2-1-3-8-34/h1-5,7-10,13-20,35,38,41,50H,6,11-12,21-29,44H2,(H,45,51)(H,46,53)(H,47,52). The van der Waals surface area contributed by atoms with Crippen molar-refractivity contribution in [2.45, 2.75) is 75.7 Å². The average Bonchev–Trinajstić information content (AvgIpc) is 3.53. The van der Waals surface area contributed by atoms with Crippen molar-refractivity contribution in [3.8, 4) is 0 Å². The lowest BCUT2D eigenvalue weighted by Gasteiger charge is -2.45. The summed E-state index contributed by atoms with van der Waals surface area (Å²) in [5, 5.41) is 18.4. The number of benzene rings is 4. The number of aliphatic hydroxyl groups excluding tert-OH is 1. The van der Waals surface area contributed by atoms with Crippen LogP contribution in [0.1, 0.15) is 73.2 Å². The van der Waals surface area contributed by atoms with E-state index in [2.05, 4.69) is 37.9 Å². The summed E-state index contributed by atoms with van der Waals surface area (Å²) >= 11 is 0. The first-order valence-corrected chi connectivity index (χ1v) is 19.1. The topological polar surface area (TPSA) is 158 Å². The Kier molecular flexibility index (Phi) is 12.1. The largest absolute Gasteiger partial charge is 0.397 e. The SMILES string of the molecule is Nc1ccccc1NC(=O)CCCC(=O)NCc1ccc(C2OC(CN3CCC4(CC3)C(=O)NCN4c3ccccc3)CC(c3ccc(CO)cc3)O2)cc1. The Hall–Kier alpha value is -5.27.